The molecular formula is C19H20Cl2N2O2. The van der Waals surface area contributed by atoms with E-state index in [2.05, 4.69) is 24.4 Å². The molecule has 0 aliphatic rings. The van der Waals surface area contributed by atoms with Gasteiger partial charge in [-0.2, -0.15) is 5.10 Å². The van der Waals surface area contributed by atoms with E-state index < -0.39 is 0 Å². The first kappa shape index (κ1) is 19.3. The number of carbonyl (C=O) groups excluding carboxylic acids is 1. The molecule has 0 saturated heterocycles. The number of hydrazone groups is 1. The highest BCUT2D eigenvalue weighted by atomic mass is 35.5. The second kappa shape index (κ2) is 9.44. The van der Waals surface area contributed by atoms with Gasteiger partial charge in [0.15, 0.2) is 0 Å². The number of halogens is 2. The summed E-state index contributed by atoms with van der Waals surface area (Å²) in [7, 11) is 0. The Balaban J connectivity index is 1.90. The second-order valence-corrected chi connectivity index (χ2v) is 6.68. The summed E-state index contributed by atoms with van der Waals surface area (Å²) in [4.78, 5) is 12.1. The molecule has 0 fully saturated rings. The molecule has 1 amide bonds. The normalized spacial score (nSPS) is 11.1. The second-order valence-electron chi connectivity index (χ2n) is 5.90. The Labute approximate surface area is 157 Å². The molecule has 0 aromatic heterocycles. The van der Waals surface area contributed by atoms with E-state index >= 15 is 0 Å². The molecule has 2 aromatic rings. The fourth-order valence-corrected chi connectivity index (χ4v) is 2.32. The van der Waals surface area contributed by atoms with Crippen LogP contribution >= 0.6 is 23.2 Å². The molecule has 0 heterocycles. The molecule has 1 N–H and O–H groups in total. The van der Waals surface area contributed by atoms with Gasteiger partial charge in [0.2, 0.25) is 0 Å². The highest BCUT2D eigenvalue weighted by molar-refractivity contribution is 6.43. The van der Waals surface area contributed by atoms with E-state index in [0.29, 0.717) is 33.7 Å². The summed E-state index contributed by atoms with van der Waals surface area (Å²) < 4.78 is 5.63. The summed E-state index contributed by atoms with van der Waals surface area (Å²) in [5.74, 6) is 1.02. The Morgan fingerprint density at radius 3 is 2.60 bits per heavy atom. The number of ether oxygens (including phenoxy) is 1. The van der Waals surface area contributed by atoms with E-state index in [9.17, 15) is 4.79 Å². The number of nitrogens with zero attached hydrogens (tertiary/aromatic N) is 1. The molecule has 4 nitrogen and oxygen atoms in total. The maximum atomic E-state index is 12.1. The first-order chi connectivity index (χ1) is 12.0. The summed E-state index contributed by atoms with van der Waals surface area (Å²) in [5, 5.41) is 4.74. The molecule has 2 aromatic carbocycles. The van der Waals surface area contributed by atoms with E-state index in [1.807, 2.05) is 0 Å². The summed E-state index contributed by atoms with van der Waals surface area (Å²) in [6.07, 6.45) is 2.44. The van der Waals surface area contributed by atoms with E-state index in [1.54, 1.807) is 42.5 Å². The Morgan fingerprint density at radius 2 is 1.92 bits per heavy atom. The molecule has 6 heteroatoms. The smallest absolute Gasteiger partial charge is 0.271 e. The van der Waals surface area contributed by atoms with Crippen molar-refractivity contribution in [3.8, 4) is 5.75 Å². The van der Waals surface area contributed by atoms with Gasteiger partial charge in [0, 0.05) is 11.1 Å². The highest BCUT2D eigenvalue weighted by Crippen LogP contribution is 2.24. The summed E-state index contributed by atoms with van der Waals surface area (Å²) in [6.45, 7) is 4.95. The van der Waals surface area contributed by atoms with Crippen LogP contribution < -0.4 is 10.2 Å². The molecule has 0 aliphatic carbocycles. The third kappa shape index (κ3) is 6.07. The van der Waals surface area contributed by atoms with Gasteiger partial charge in [-0.3, -0.25) is 4.79 Å². The van der Waals surface area contributed by atoms with Crippen molar-refractivity contribution >= 4 is 35.3 Å². The number of benzene rings is 2. The Morgan fingerprint density at radius 1 is 1.20 bits per heavy atom. The van der Waals surface area contributed by atoms with Crippen molar-refractivity contribution in [2.45, 2.75) is 20.3 Å². The maximum absolute atomic E-state index is 12.1. The average Bonchev–Trinajstić information content (AvgIpc) is 2.59. The number of hydrogen-bond acceptors (Lipinski definition) is 3. The van der Waals surface area contributed by atoms with Gasteiger partial charge in [-0.25, -0.2) is 5.43 Å². The van der Waals surface area contributed by atoms with E-state index in [0.717, 1.165) is 12.2 Å². The minimum absolute atomic E-state index is 0.317. The fraction of sp³-hybridized carbons (Fsp3) is 0.263. The lowest BCUT2D eigenvalue weighted by molar-refractivity contribution is 0.0955. The maximum Gasteiger partial charge on any atom is 0.271 e. The van der Waals surface area contributed by atoms with Gasteiger partial charge in [-0.05, 0) is 42.7 Å². The molecule has 0 unspecified atom stereocenters. The zero-order valence-corrected chi connectivity index (χ0v) is 15.6. The van der Waals surface area contributed by atoms with E-state index in [4.69, 9.17) is 27.9 Å². The van der Waals surface area contributed by atoms with Crippen molar-refractivity contribution in [2.24, 2.45) is 11.0 Å². The lowest BCUT2D eigenvalue weighted by Gasteiger charge is -2.08. The van der Waals surface area contributed by atoms with Crippen LogP contribution in [0.1, 0.15) is 36.2 Å². The van der Waals surface area contributed by atoms with Gasteiger partial charge in [0.1, 0.15) is 5.75 Å². The molecule has 132 valence electrons. The fourth-order valence-electron chi connectivity index (χ4n) is 1.96. The van der Waals surface area contributed by atoms with Gasteiger partial charge in [0.05, 0.1) is 22.9 Å². The summed E-state index contributed by atoms with van der Waals surface area (Å²) >= 11 is 12.0. The molecule has 2 rings (SSSR count). The number of rotatable bonds is 7. The van der Waals surface area contributed by atoms with Crippen molar-refractivity contribution in [3.05, 3.63) is 63.6 Å². The van der Waals surface area contributed by atoms with Crippen LogP contribution in [-0.4, -0.2) is 18.7 Å². The molecule has 25 heavy (non-hydrogen) atoms. The standard InChI is InChI=1S/C19H20Cl2N2O2/c1-13(2)10-11-25-16-8-6-14(7-9-16)19(24)23-22-12-15-4-3-5-17(20)18(15)21/h3-9,12-13H,10-11H2,1-2H3,(H,23,24). The van der Waals surface area contributed by atoms with Crippen LogP contribution in [0.3, 0.4) is 0 Å². The molecule has 0 spiro atoms. The number of amides is 1. The van der Waals surface area contributed by atoms with Crippen LogP contribution in [0.5, 0.6) is 5.75 Å². The minimum Gasteiger partial charge on any atom is -0.494 e. The van der Waals surface area contributed by atoms with Crippen molar-refractivity contribution < 1.29 is 9.53 Å². The summed E-state index contributed by atoms with van der Waals surface area (Å²) in [5.41, 5.74) is 3.58. The van der Waals surface area contributed by atoms with Crippen LogP contribution in [0.4, 0.5) is 0 Å². The Bertz CT molecular complexity index is 744. The van der Waals surface area contributed by atoms with Gasteiger partial charge < -0.3 is 4.74 Å². The van der Waals surface area contributed by atoms with Gasteiger partial charge >= 0.3 is 0 Å². The molecule has 0 saturated carbocycles. The van der Waals surface area contributed by atoms with Crippen molar-refractivity contribution in [3.63, 3.8) is 0 Å². The largest absolute Gasteiger partial charge is 0.494 e. The Kier molecular flexibility index (Phi) is 7.29. The molecule has 0 radical (unpaired) electrons. The topological polar surface area (TPSA) is 50.7 Å². The van der Waals surface area contributed by atoms with Crippen LogP contribution in [0.2, 0.25) is 10.0 Å². The number of nitrogens with one attached hydrogen (secondary N) is 1. The summed E-state index contributed by atoms with van der Waals surface area (Å²) in [6, 6.07) is 12.1. The van der Waals surface area contributed by atoms with E-state index in [1.165, 1.54) is 6.21 Å². The third-order valence-corrected chi connectivity index (χ3v) is 4.27. The van der Waals surface area contributed by atoms with Gasteiger partial charge in [0.25, 0.3) is 5.91 Å². The first-order valence-corrected chi connectivity index (χ1v) is 8.73. The van der Waals surface area contributed by atoms with E-state index in [-0.39, 0.29) is 5.91 Å². The van der Waals surface area contributed by atoms with Crippen molar-refractivity contribution in [1.29, 1.82) is 0 Å². The molecule has 0 atom stereocenters. The van der Waals surface area contributed by atoms with Crippen molar-refractivity contribution in [1.82, 2.24) is 5.43 Å². The van der Waals surface area contributed by atoms with Gasteiger partial charge in [-0.15, -0.1) is 0 Å². The zero-order chi connectivity index (χ0) is 18.2. The van der Waals surface area contributed by atoms with Crippen LogP contribution in [0.25, 0.3) is 0 Å². The third-order valence-electron chi connectivity index (χ3n) is 3.43. The SMILES string of the molecule is CC(C)CCOc1ccc(C(=O)NN=Cc2cccc(Cl)c2Cl)cc1. The first-order valence-electron chi connectivity index (χ1n) is 7.97. The molecular weight excluding hydrogens is 359 g/mol. The van der Waals surface area contributed by atoms with Crippen LogP contribution in [0.15, 0.2) is 47.6 Å². The average molecular weight is 379 g/mol. The number of hydrogen-bond donors (Lipinski definition) is 1. The lowest BCUT2D eigenvalue weighted by Crippen LogP contribution is -2.17. The lowest BCUT2D eigenvalue weighted by atomic mass is 10.1. The molecule has 0 aliphatic heterocycles. The monoisotopic (exact) mass is 378 g/mol. The predicted molar refractivity (Wildman–Crippen MR) is 103 cm³/mol. The predicted octanol–water partition coefficient (Wildman–Crippen LogP) is 5.18. The Hall–Kier alpha value is -2.04. The quantitative estimate of drug-likeness (QED) is 0.532. The van der Waals surface area contributed by atoms with Crippen LogP contribution in [-0.2, 0) is 0 Å². The molecule has 0 bridgehead atoms. The minimum atomic E-state index is -0.317. The number of carbonyl (C=O) groups is 1. The highest BCUT2D eigenvalue weighted by Gasteiger charge is 2.05. The van der Waals surface area contributed by atoms with Crippen molar-refractivity contribution in [2.75, 3.05) is 6.61 Å². The zero-order valence-electron chi connectivity index (χ0n) is 14.1. The van der Waals surface area contributed by atoms with Crippen LogP contribution in [0, 0.1) is 5.92 Å². The van der Waals surface area contributed by atoms with Gasteiger partial charge in [-0.1, -0.05) is 49.2 Å².